The van der Waals surface area contributed by atoms with Gasteiger partial charge in [-0.25, -0.2) is 0 Å². The summed E-state index contributed by atoms with van der Waals surface area (Å²) in [6.45, 7) is 6.09. The maximum absolute atomic E-state index is 13.0. The number of piperazine rings is 1. The number of methoxy groups -OCH3 is 1. The first-order valence-electron chi connectivity index (χ1n) is 8.95. The fourth-order valence-electron chi connectivity index (χ4n) is 4.11. The molecule has 3 fully saturated rings. The Hall–Kier alpha value is -1.59. The molecule has 1 aromatic rings. The molecule has 1 amide bonds. The van der Waals surface area contributed by atoms with Gasteiger partial charge in [-0.2, -0.15) is 0 Å². The van der Waals surface area contributed by atoms with Crippen molar-refractivity contribution in [1.82, 2.24) is 9.80 Å². The van der Waals surface area contributed by atoms with Crippen LogP contribution in [-0.2, 0) is 4.74 Å². The van der Waals surface area contributed by atoms with Gasteiger partial charge in [-0.1, -0.05) is 11.6 Å². The number of rotatable bonds is 3. The first kappa shape index (κ1) is 15.9. The van der Waals surface area contributed by atoms with E-state index < -0.39 is 0 Å². The Bertz CT molecular complexity index is 629. The van der Waals surface area contributed by atoms with Crippen molar-refractivity contribution in [1.29, 1.82) is 0 Å². The second-order valence-electron chi connectivity index (χ2n) is 7.29. The Morgan fingerprint density at radius 1 is 1.25 bits per heavy atom. The van der Waals surface area contributed by atoms with Gasteiger partial charge in [-0.15, -0.1) is 0 Å². The largest absolute Gasteiger partial charge is 0.496 e. The van der Waals surface area contributed by atoms with Crippen molar-refractivity contribution in [2.24, 2.45) is 5.92 Å². The third-order valence-electron chi connectivity index (χ3n) is 5.59. The van der Waals surface area contributed by atoms with Crippen LogP contribution < -0.4 is 4.74 Å². The molecule has 130 valence electrons. The number of carbonyl (C=O) groups is 1. The van der Waals surface area contributed by atoms with Crippen LogP contribution in [0.1, 0.15) is 28.8 Å². The van der Waals surface area contributed by atoms with Gasteiger partial charge < -0.3 is 14.4 Å². The molecule has 2 aliphatic heterocycles. The molecule has 24 heavy (non-hydrogen) atoms. The van der Waals surface area contributed by atoms with Crippen molar-refractivity contribution in [3.8, 4) is 5.75 Å². The number of ether oxygens (including phenoxy) is 2. The van der Waals surface area contributed by atoms with Crippen molar-refractivity contribution in [2.45, 2.75) is 31.8 Å². The first-order valence-corrected chi connectivity index (χ1v) is 8.95. The van der Waals surface area contributed by atoms with Crippen LogP contribution in [0.2, 0.25) is 0 Å². The smallest absolute Gasteiger partial charge is 0.257 e. The SMILES string of the molecule is COc1ccc(C)cc1C(=O)N1CCN2[C@@H](COC[C@@H]2C2CC2)C1. The monoisotopic (exact) mass is 330 g/mol. The second-order valence-corrected chi connectivity index (χ2v) is 7.29. The number of amides is 1. The van der Waals surface area contributed by atoms with Gasteiger partial charge in [0.2, 0.25) is 0 Å². The van der Waals surface area contributed by atoms with Crippen LogP contribution in [0.4, 0.5) is 0 Å². The molecule has 2 atom stereocenters. The Kier molecular flexibility index (Phi) is 4.22. The van der Waals surface area contributed by atoms with Gasteiger partial charge in [-0.05, 0) is 37.8 Å². The van der Waals surface area contributed by atoms with E-state index in [9.17, 15) is 4.79 Å². The van der Waals surface area contributed by atoms with Crippen LogP contribution in [0.15, 0.2) is 18.2 Å². The standard InChI is InChI=1S/C19H26N2O3/c1-13-3-6-18(23-2)16(9-13)19(22)20-7-8-21-15(10-20)11-24-12-17(21)14-4-5-14/h3,6,9,14-15,17H,4-5,7-8,10-12H2,1-2H3/t15-,17-/m1/s1. The molecule has 0 N–H and O–H groups in total. The minimum Gasteiger partial charge on any atom is -0.496 e. The fraction of sp³-hybridized carbons (Fsp3) is 0.632. The topological polar surface area (TPSA) is 42.0 Å². The average Bonchev–Trinajstić information content (AvgIpc) is 3.45. The predicted octanol–water partition coefficient (Wildman–Crippen LogP) is 1.94. The summed E-state index contributed by atoms with van der Waals surface area (Å²) in [5, 5.41) is 0. The van der Waals surface area contributed by atoms with E-state index in [0.717, 1.165) is 44.3 Å². The Balaban J connectivity index is 1.50. The summed E-state index contributed by atoms with van der Waals surface area (Å²) in [7, 11) is 1.62. The zero-order chi connectivity index (χ0) is 16.7. The molecule has 2 heterocycles. The fourth-order valence-corrected chi connectivity index (χ4v) is 4.11. The van der Waals surface area contributed by atoms with E-state index in [0.29, 0.717) is 23.4 Å². The van der Waals surface area contributed by atoms with Gasteiger partial charge in [0.15, 0.2) is 0 Å². The zero-order valence-electron chi connectivity index (χ0n) is 14.5. The summed E-state index contributed by atoms with van der Waals surface area (Å²) in [4.78, 5) is 17.6. The number of hydrogen-bond acceptors (Lipinski definition) is 4. The van der Waals surface area contributed by atoms with E-state index in [2.05, 4.69) is 4.90 Å². The second kappa shape index (κ2) is 6.37. The lowest BCUT2D eigenvalue weighted by Crippen LogP contribution is -2.63. The summed E-state index contributed by atoms with van der Waals surface area (Å²) in [6.07, 6.45) is 2.67. The molecule has 0 radical (unpaired) electrons. The number of aryl methyl sites for hydroxylation is 1. The van der Waals surface area contributed by atoms with Crippen LogP contribution >= 0.6 is 0 Å². The number of morpholine rings is 1. The molecule has 0 spiro atoms. The highest BCUT2D eigenvalue weighted by atomic mass is 16.5. The van der Waals surface area contributed by atoms with Gasteiger partial charge in [0.25, 0.3) is 5.91 Å². The highest BCUT2D eigenvalue weighted by molar-refractivity contribution is 5.97. The molecule has 5 nitrogen and oxygen atoms in total. The van der Waals surface area contributed by atoms with E-state index in [1.807, 2.05) is 30.0 Å². The van der Waals surface area contributed by atoms with Crippen molar-refractivity contribution in [3.63, 3.8) is 0 Å². The number of fused-ring (bicyclic) bond motifs is 1. The van der Waals surface area contributed by atoms with Crippen LogP contribution in [0.5, 0.6) is 5.75 Å². The lowest BCUT2D eigenvalue weighted by molar-refractivity contribution is -0.0816. The Labute approximate surface area is 143 Å². The van der Waals surface area contributed by atoms with Gasteiger partial charge in [-0.3, -0.25) is 9.69 Å². The van der Waals surface area contributed by atoms with Crippen molar-refractivity contribution in [2.75, 3.05) is 40.0 Å². The van der Waals surface area contributed by atoms with Gasteiger partial charge in [0, 0.05) is 25.7 Å². The minimum absolute atomic E-state index is 0.0729. The number of benzene rings is 1. The molecular formula is C19H26N2O3. The van der Waals surface area contributed by atoms with Crippen LogP contribution in [0.3, 0.4) is 0 Å². The molecule has 0 aromatic heterocycles. The first-order chi connectivity index (χ1) is 11.7. The Morgan fingerprint density at radius 3 is 2.83 bits per heavy atom. The number of nitrogens with zero attached hydrogens (tertiary/aromatic N) is 2. The molecule has 1 saturated carbocycles. The van der Waals surface area contributed by atoms with Gasteiger partial charge >= 0.3 is 0 Å². The van der Waals surface area contributed by atoms with Crippen LogP contribution in [0, 0.1) is 12.8 Å². The summed E-state index contributed by atoms with van der Waals surface area (Å²) >= 11 is 0. The van der Waals surface area contributed by atoms with Crippen molar-refractivity contribution < 1.29 is 14.3 Å². The summed E-state index contributed by atoms with van der Waals surface area (Å²) < 4.78 is 11.2. The summed E-state index contributed by atoms with van der Waals surface area (Å²) in [6, 6.07) is 6.68. The quantitative estimate of drug-likeness (QED) is 0.849. The average molecular weight is 330 g/mol. The molecule has 3 aliphatic rings. The van der Waals surface area contributed by atoms with Crippen LogP contribution in [0.25, 0.3) is 0 Å². The molecule has 2 saturated heterocycles. The Morgan fingerprint density at radius 2 is 2.08 bits per heavy atom. The predicted molar refractivity (Wildman–Crippen MR) is 91.5 cm³/mol. The van der Waals surface area contributed by atoms with Crippen LogP contribution in [-0.4, -0.2) is 67.7 Å². The molecule has 0 bridgehead atoms. The molecule has 5 heteroatoms. The van der Waals surface area contributed by atoms with Crippen molar-refractivity contribution in [3.05, 3.63) is 29.3 Å². The van der Waals surface area contributed by atoms with E-state index >= 15 is 0 Å². The molecule has 0 unspecified atom stereocenters. The van der Waals surface area contributed by atoms with E-state index in [1.165, 1.54) is 12.8 Å². The molecule has 4 rings (SSSR count). The third kappa shape index (κ3) is 2.91. The van der Waals surface area contributed by atoms with E-state index in [1.54, 1.807) is 7.11 Å². The molecular weight excluding hydrogens is 304 g/mol. The maximum atomic E-state index is 13.0. The number of carbonyl (C=O) groups excluding carboxylic acids is 1. The number of hydrogen-bond donors (Lipinski definition) is 0. The summed E-state index contributed by atoms with van der Waals surface area (Å²) in [5.41, 5.74) is 1.74. The molecule has 1 aromatic carbocycles. The highest BCUT2D eigenvalue weighted by Gasteiger charge is 2.43. The zero-order valence-corrected chi connectivity index (χ0v) is 14.5. The highest BCUT2D eigenvalue weighted by Crippen LogP contribution is 2.38. The maximum Gasteiger partial charge on any atom is 0.257 e. The lowest BCUT2D eigenvalue weighted by atomic mass is 10.0. The van der Waals surface area contributed by atoms with E-state index in [-0.39, 0.29) is 5.91 Å². The summed E-state index contributed by atoms with van der Waals surface area (Å²) in [5.74, 6) is 1.54. The van der Waals surface area contributed by atoms with Gasteiger partial charge in [0.05, 0.1) is 31.9 Å². The minimum atomic E-state index is 0.0729. The lowest BCUT2D eigenvalue weighted by Gasteiger charge is -2.48. The molecule has 1 aliphatic carbocycles. The third-order valence-corrected chi connectivity index (χ3v) is 5.59. The van der Waals surface area contributed by atoms with E-state index in [4.69, 9.17) is 9.47 Å². The van der Waals surface area contributed by atoms with Crippen molar-refractivity contribution >= 4 is 5.91 Å². The normalized spacial score (nSPS) is 27.7. The van der Waals surface area contributed by atoms with Gasteiger partial charge in [0.1, 0.15) is 5.75 Å².